The molecule has 0 aromatic carbocycles. The Hall–Kier alpha value is -2.05. The summed E-state index contributed by atoms with van der Waals surface area (Å²) in [5.74, 6) is -0.802. The standard InChI is InChI=1S/C14H24N4O3/c1-11-10-12(2)18(17-11)9-5-8-16-14(21)15-7-4-3-6-13(19)20/h10H,3-9H2,1-2H3,(H,19,20)(H2,15,16,21). The van der Waals surface area contributed by atoms with Crippen molar-refractivity contribution in [2.24, 2.45) is 0 Å². The van der Waals surface area contributed by atoms with Crippen molar-refractivity contribution in [1.29, 1.82) is 0 Å². The van der Waals surface area contributed by atoms with E-state index in [1.165, 1.54) is 0 Å². The SMILES string of the molecule is Cc1cc(C)n(CCCNC(=O)NCCCCC(=O)O)n1. The van der Waals surface area contributed by atoms with Crippen molar-refractivity contribution in [3.63, 3.8) is 0 Å². The fraction of sp³-hybridized carbons (Fsp3) is 0.643. The highest BCUT2D eigenvalue weighted by molar-refractivity contribution is 5.73. The first kappa shape index (κ1) is 17.0. The van der Waals surface area contributed by atoms with Gasteiger partial charge in [0.15, 0.2) is 0 Å². The summed E-state index contributed by atoms with van der Waals surface area (Å²) in [5, 5.41) is 18.3. The highest BCUT2D eigenvalue weighted by Gasteiger charge is 2.02. The van der Waals surface area contributed by atoms with Crippen molar-refractivity contribution in [2.45, 2.75) is 46.1 Å². The summed E-state index contributed by atoms with van der Waals surface area (Å²) in [6.45, 7) is 5.82. The van der Waals surface area contributed by atoms with Gasteiger partial charge in [0, 0.05) is 31.7 Å². The molecule has 0 fully saturated rings. The number of hydrogen-bond donors (Lipinski definition) is 3. The second-order valence-electron chi connectivity index (χ2n) is 5.04. The van der Waals surface area contributed by atoms with Crippen LogP contribution in [0.4, 0.5) is 4.79 Å². The van der Waals surface area contributed by atoms with Crippen LogP contribution in [0.5, 0.6) is 0 Å². The van der Waals surface area contributed by atoms with Crippen LogP contribution in [0.1, 0.15) is 37.1 Å². The van der Waals surface area contributed by atoms with Crippen LogP contribution in [0.25, 0.3) is 0 Å². The molecule has 7 nitrogen and oxygen atoms in total. The first-order valence-corrected chi connectivity index (χ1v) is 7.23. The predicted octanol–water partition coefficient (Wildman–Crippen LogP) is 1.44. The third kappa shape index (κ3) is 7.34. The average Bonchev–Trinajstić information content (AvgIpc) is 2.72. The Bertz CT molecular complexity index is 471. The lowest BCUT2D eigenvalue weighted by atomic mass is 10.2. The van der Waals surface area contributed by atoms with Crippen molar-refractivity contribution in [2.75, 3.05) is 13.1 Å². The molecule has 0 atom stereocenters. The Balaban J connectivity index is 2.03. The van der Waals surface area contributed by atoms with Gasteiger partial charge < -0.3 is 15.7 Å². The molecule has 1 aromatic rings. The number of hydrogen-bond acceptors (Lipinski definition) is 3. The molecule has 0 radical (unpaired) electrons. The molecule has 0 unspecified atom stereocenters. The number of carboxylic acid groups (broad SMARTS) is 1. The van der Waals surface area contributed by atoms with E-state index < -0.39 is 5.97 Å². The molecular weight excluding hydrogens is 272 g/mol. The van der Waals surface area contributed by atoms with Crippen LogP contribution in [-0.2, 0) is 11.3 Å². The number of nitrogens with zero attached hydrogens (tertiary/aromatic N) is 2. The van der Waals surface area contributed by atoms with E-state index in [0.29, 0.717) is 25.9 Å². The van der Waals surface area contributed by atoms with E-state index in [4.69, 9.17) is 5.11 Å². The summed E-state index contributed by atoms with van der Waals surface area (Å²) < 4.78 is 1.93. The molecule has 1 heterocycles. The number of nitrogens with one attached hydrogen (secondary N) is 2. The van der Waals surface area contributed by atoms with Gasteiger partial charge in [-0.2, -0.15) is 5.10 Å². The number of rotatable bonds is 9. The van der Waals surface area contributed by atoms with Crippen LogP contribution < -0.4 is 10.6 Å². The van der Waals surface area contributed by atoms with Crippen molar-refractivity contribution >= 4 is 12.0 Å². The van der Waals surface area contributed by atoms with E-state index in [9.17, 15) is 9.59 Å². The maximum atomic E-state index is 11.5. The van der Waals surface area contributed by atoms with Gasteiger partial charge in [-0.15, -0.1) is 0 Å². The number of aliphatic carboxylic acids is 1. The molecule has 1 aromatic heterocycles. The Morgan fingerprint density at radius 2 is 1.86 bits per heavy atom. The molecule has 7 heteroatoms. The molecule has 0 aliphatic heterocycles. The maximum absolute atomic E-state index is 11.5. The van der Waals surface area contributed by atoms with E-state index in [0.717, 1.165) is 24.4 Å². The summed E-state index contributed by atoms with van der Waals surface area (Å²) in [6, 6.07) is 1.82. The van der Waals surface area contributed by atoms with Crippen LogP contribution in [0.3, 0.4) is 0 Å². The van der Waals surface area contributed by atoms with Gasteiger partial charge in [-0.1, -0.05) is 0 Å². The Morgan fingerprint density at radius 3 is 2.43 bits per heavy atom. The molecule has 1 rings (SSSR count). The number of unbranched alkanes of at least 4 members (excludes halogenated alkanes) is 1. The van der Waals surface area contributed by atoms with Crippen LogP contribution in [0, 0.1) is 13.8 Å². The third-order valence-electron chi connectivity index (χ3n) is 3.04. The van der Waals surface area contributed by atoms with Crippen molar-refractivity contribution in [3.05, 3.63) is 17.5 Å². The third-order valence-corrected chi connectivity index (χ3v) is 3.04. The second kappa shape index (κ2) is 8.99. The van der Waals surface area contributed by atoms with Crippen LogP contribution >= 0.6 is 0 Å². The fourth-order valence-electron chi connectivity index (χ4n) is 2.00. The molecule has 0 saturated heterocycles. The predicted molar refractivity (Wildman–Crippen MR) is 79.2 cm³/mol. The van der Waals surface area contributed by atoms with Gasteiger partial charge in [0.05, 0.1) is 5.69 Å². The lowest BCUT2D eigenvalue weighted by molar-refractivity contribution is -0.137. The topological polar surface area (TPSA) is 96.2 Å². The number of carboxylic acids is 1. The van der Waals surface area contributed by atoms with E-state index in [2.05, 4.69) is 15.7 Å². The quantitative estimate of drug-likeness (QED) is 0.601. The lowest BCUT2D eigenvalue weighted by Gasteiger charge is -2.08. The monoisotopic (exact) mass is 296 g/mol. The summed E-state index contributed by atoms with van der Waals surface area (Å²) >= 11 is 0. The van der Waals surface area contributed by atoms with Crippen LogP contribution in [0.15, 0.2) is 6.07 Å². The van der Waals surface area contributed by atoms with Gasteiger partial charge in [-0.05, 0) is 39.2 Å². The number of carbonyl (C=O) groups excluding carboxylic acids is 1. The minimum absolute atomic E-state index is 0.145. The molecule has 3 N–H and O–H groups in total. The number of urea groups is 1. The van der Waals surface area contributed by atoms with Crippen LogP contribution in [0.2, 0.25) is 0 Å². The highest BCUT2D eigenvalue weighted by Crippen LogP contribution is 2.02. The van der Waals surface area contributed by atoms with Crippen molar-refractivity contribution in [1.82, 2.24) is 20.4 Å². The molecule has 0 aliphatic carbocycles. The minimum Gasteiger partial charge on any atom is -0.481 e. The lowest BCUT2D eigenvalue weighted by Crippen LogP contribution is -2.36. The summed E-state index contributed by atoms with van der Waals surface area (Å²) in [4.78, 5) is 21.8. The summed E-state index contributed by atoms with van der Waals surface area (Å²) in [7, 11) is 0. The Morgan fingerprint density at radius 1 is 1.19 bits per heavy atom. The minimum atomic E-state index is -0.802. The molecule has 0 saturated carbocycles. The molecule has 118 valence electrons. The highest BCUT2D eigenvalue weighted by atomic mass is 16.4. The van der Waals surface area contributed by atoms with Gasteiger partial charge in [0.2, 0.25) is 0 Å². The number of carbonyl (C=O) groups is 2. The van der Waals surface area contributed by atoms with E-state index in [1.807, 2.05) is 24.6 Å². The van der Waals surface area contributed by atoms with Gasteiger partial charge >= 0.3 is 12.0 Å². The molecule has 2 amide bonds. The summed E-state index contributed by atoms with van der Waals surface area (Å²) in [6.07, 6.45) is 2.21. The Kier molecular flexibility index (Phi) is 7.28. The number of amides is 2. The maximum Gasteiger partial charge on any atom is 0.314 e. The fourth-order valence-corrected chi connectivity index (χ4v) is 2.00. The zero-order valence-corrected chi connectivity index (χ0v) is 12.7. The number of aryl methyl sites for hydroxylation is 3. The van der Waals surface area contributed by atoms with E-state index >= 15 is 0 Å². The normalized spacial score (nSPS) is 10.4. The first-order chi connectivity index (χ1) is 9.99. The molecule has 0 spiro atoms. The second-order valence-corrected chi connectivity index (χ2v) is 5.04. The van der Waals surface area contributed by atoms with Gasteiger partial charge in [-0.3, -0.25) is 9.48 Å². The number of aromatic nitrogens is 2. The zero-order chi connectivity index (χ0) is 15.7. The van der Waals surface area contributed by atoms with Crippen LogP contribution in [-0.4, -0.2) is 40.0 Å². The largest absolute Gasteiger partial charge is 0.481 e. The molecule has 21 heavy (non-hydrogen) atoms. The first-order valence-electron chi connectivity index (χ1n) is 7.23. The van der Waals surface area contributed by atoms with E-state index in [1.54, 1.807) is 0 Å². The van der Waals surface area contributed by atoms with Crippen molar-refractivity contribution in [3.8, 4) is 0 Å². The summed E-state index contributed by atoms with van der Waals surface area (Å²) in [5.41, 5.74) is 2.12. The smallest absolute Gasteiger partial charge is 0.314 e. The zero-order valence-electron chi connectivity index (χ0n) is 12.7. The van der Waals surface area contributed by atoms with E-state index in [-0.39, 0.29) is 12.5 Å². The van der Waals surface area contributed by atoms with Crippen molar-refractivity contribution < 1.29 is 14.7 Å². The molecule has 0 aliphatic rings. The average molecular weight is 296 g/mol. The molecule has 0 bridgehead atoms. The van der Waals surface area contributed by atoms with Gasteiger partial charge in [0.25, 0.3) is 0 Å². The molecular formula is C14H24N4O3. The van der Waals surface area contributed by atoms with Gasteiger partial charge in [0.1, 0.15) is 0 Å². The Labute approximate surface area is 124 Å². The van der Waals surface area contributed by atoms with Gasteiger partial charge in [-0.25, -0.2) is 4.79 Å².